The van der Waals surface area contributed by atoms with Gasteiger partial charge in [-0.15, -0.1) is 36.2 Å². The molecule has 2 aromatic rings. The molecule has 1 atom stereocenters. The Hall–Kier alpha value is -1.21. The number of halogens is 3. The van der Waals surface area contributed by atoms with Crippen molar-refractivity contribution in [2.45, 2.75) is 19.4 Å². The van der Waals surface area contributed by atoms with E-state index in [9.17, 15) is 9.18 Å². The minimum Gasteiger partial charge on any atom is -0.354 e. The molecule has 0 aliphatic heterocycles. The molecule has 0 aliphatic carbocycles. The minimum absolute atomic E-state index is 0. The molecule has 128 valence electrons. The van der Waals surface area contributed by atoms with Gasteiger partial charge in [0.25, 0.3) is 0 Å². The fraction of sp³-hybridized carbons (Fsp3) is 0.333. The number of amides is 1. The molecule has 0 bridgehead atoms. The van der Waals surface area contributed by atoms with Crippen molar-refractivity contribution in [3.8, 4) is 10.6 Å². The molecule has 8 heteroatoms. The summed E-state index contributed by atoms with van der Waals surface area (Å²) in [6.07, 6.45) is 0.238. The van der Waals surface area contributed by atoms with Crippen LogP contribution in [0.15, 0.2) is 29.6 Å². The van der Waals surface area contributed by atoms with Gasteiger partial charge in [0.1, 0.15) is 10.8 Å². The van der Waals surface area contributed by atoms with E-state index < -0.39 is 0 Å². The third-order valence-corrected chi connectivity index (χ3v) is 4.00. The lowest BCUT2D eigenvalue weighted by Crippen LogP contribution is -2.37. The van der Waals surface area contributed by atoms with Crippen LogP contribution in [0, 0.1) is 5.82 Å². The average Bonchev–Trinajstić information content (AvgIpc) is 2.93. The van der Waals surface area contributed by atoms with E-state index in [4.69, 9.17) is 0 Å². The molecule has 0 radical (unpaired) electrons. The van der Waals surface area contributed by atoms with Crippen LogP contribution in [0.5, 0.6) is 0 Å². The zero-order chi connectivity index (χ0) is 15.2. The van der Waals surface area contributed by atoms with E-state index in [1.165, 1.54) is 23.5 Å². The van der Waals surface area contributed by atoms with Gasteiger partial charge in [-0.25, -0.2) is 9.37 Å². The van der Waals surface area contributed by atoms with E-state index in [0.29, 0.717) is 12.2 Å². The van der Waals surface area contributed by atoms with Crippen LogP contribution in [0.25, 0.3) is 10.6 Å². The van der Waals surface area contributed by atoms with Crippen molar-refractivity contribution < 1.29 is 9.18 Å². The first-order valence-corrected chi connectivity index (χ1v) is 7.60. The summed E-state index contributed by atoms with van der Waals surface area (Å²) in [6.45, 7) is 2.57. The van der Waals surface area contributed by atoms with Crippen LogP contribution in [0.3, 0.4) is 0 Å². The highest BCUT2D eigenvalue weighted by molar-refractivity contribution is 7.13. The Balaban J connectivity index is 0.00000242. The Bertz CT molecular complexity index is 624. The molecule has 1 heterocycles. The largest absolute Gasteiger partial charge is 0.354 e. The standard InChI is InChI=1S/C15H18FN3OS.2ClH/c1-10(17-2)8-18-14(20)7-13-9-21-15(19-13)11-4-3-5-12(16)6-11;;/h3-6,9-10,17H,7-8H2,1-2H3,(H,18,20);2*1H. The van der Waals surface area contributed by atoms with E-state index in [-0.39, 0.29) is 49.0 Å². The van der Waals surface area contributed by atoms with Gasteiger partial charge >= 0.3 is 0 Å². The molecule has 0 saturated heterocycles. The Labute approximate surface area is 151 Å². The number of benzene rings is 1. The maximum absolute atomic E-state index is 13.2. The summed E-state index contributed by atoms with van der Waals surface area (Å²) in [6, 6.07) is 6.52. The molecule has 1 aromatic carbocycles. The minimum atomic E-state index is -0.289. The van der Waals surface area contributed by atoms with Crippen LogP contribution in [0.4, 0.5) is 4.39 Å². The number of likely N-dealkylation sites (N-methyl/N-ethyl adjacent to an activating group) is 1. The smallest absolute Gasteiger partial charge is 0.226 e. The van der Waals surface area contributed by atoms with Gasteiger partial charge in [0.2, 0.25) is 5.91 Å². The summed E-state index contributed by atoms with van der Waals surface area (Å²) >= 11 is 1.41. The predicted molar refractivity (Wildman–Crippen MR) is 97.2 cm³/mol. The topological polar surface area (TPSA) is 54.0 Å². The number of aromatic nitrogens is 1. The van der Waals surface area contributed by atoms with Crippen LogP contribution in [-0.4, -0.2) is 30.5 Å². The number of carbonyl (C=O) groups is 1. The second-order valence-corrected chi connectivity index (χ2v) is 5.68. The van der Waals surface area contributed by atoms with Gasteiger partial charge in [-0.1, -0.05) is 12.1 Å². The monoisotopic (exact) mass is 379 g/mol. The second kappa shape index (κ2) is 10.5. The Kier molecular flexibility index (Phi) is 9.99. The molecule has 4 nitrogen and oxygen atoms in total. The zero-order valence-electron chi connectivity index (χ0n) is 12.8. The summed E-state index contributed by atoms with van der Waals surface area (Å²) in [4.78, 5) is 16.2. The Morgan fingerprint density at radius 3 is 2.78 bits per heavy atom. The maximum atomic E-state index is 13.2. The summed E-state index contributed by atoms with van der Waals surface area (Å²) < 4.78 is 13.2. The van der Waals surface area contributed by atoms with Crippen LogP contribution in [-0.2, 0) is 11.2 Å². The molecule has 1 amide bonds. The highest BCUT2D eigenvalue weighted by atomic mass is 35.5. The van der Waals surface area contributed by atoms with E-state index in [0.717, 1.165) is 10.6 Å². The predicted octanol–water partition coefficient (Wildman–Crippen LogP) is 3.06. The molecule has 0 saturated carbocycles. The van der Waals surface area contributed by atoms with Crippen LogP contribution < -0.4 is 10.6 Å². The molecule has 23 heavy (non-hydrogen) atoms. The highest BCUT2D eigenvalue weighted by Gasteiger charge is 2.10. The van der Waals surface area contributed by atoms with Crippen molar-refractivity contribution in [3.63, 3.8) is 0 Å². The second-order valence-electron chi connectivity index (χ2n) is 4.82. The van der Waals surface area contributed by atoms with Crippen LogP contribution in [0.2, 0.25) is 0 Å². The maximum Gasteiger partial charge on any atom is 0.226 e. The van der Waals surface area contributed by atoms with Gasteiger partial charge in [0, 0.05) is 23.5 Å². The SMILES string of the molecule is CNC(C)CNC(=O)Cc1csc(-c2cccc(F)c2)n1.Cl.Cl. The fourth-order valence-electron chi connectivity index (χ4n) is 1.74. The number of hydrogen-bond donors (Lipinski definition) is 2. The number of nitrogens with zero attached hydrogens (tertiary/aromatic N) is 1. The van der Waals surface area contributed by atoms with E-state index >= 15 is 0 Å². The summed E-state index contributed by atoms with van der Waals surface area (Å²) in [5.74, 6) is -0.351. The lowest BCUT2D eigenvalue weighted by atomic mass is 10.2. The fourth-order valence-corrected chi connectivity index (χ4v) is 2.55. The number of hydrogen-bond acceptors (Lipinski definition) is 4. The van der Waals surface area contributed by atoms with Gasteiger partial charge in [-0.3, -0.25) is 4.79 Å². The number of thiazole rings is 1. The molecule has 0 aliphatic rings. The third-order valence-electron chi connectivity index (χ3n) is 3.06. The molecule has 2 N–H and O–H groups in total. The summed E-state index contributed by atoms with van der Waals surface area (Å²) in [7, 11) is 1.85. The first-order valence-electron chi connectivity index (χ1n) is 6.73. The van der Waals surface area contributed by atoms with Crippen LogP contribution >= 0.6 is 36.2 Å². The average molecular weight is 380 g/mol. The van der Waals surface area contributed by atoms with Crippen molar-refractivity contribution in [1.82, 2.24) is 15.6 Å². The van der Waals surface area contributed by atoms with E-state index in [2.05, 4.69) is 15.6 Å². The summed E-state index contributed by atoms with van der Waals surface area (Å²) in [5, 5.41) is 8.45. The number of rotatable bonds is 6. The Morgan fingerprint density at radius 2 is 2.13 bits per heavy atom. The lowest BCUT2D eigenvalue weighted by Gasteiger charge is -2.10. The quantitative estimate of drug-likeness (QED) is 0.810. The summed E-state index contributed by atoms with van der Waals surface area (Å²) in [5.41, 5.74) is 1.43. The van der Waals surface area contributed by atoms with E-state index in [1.807, 2.05) is 19.4 Å². The van der Waals surface area contributed by atoms with Gasteiger partial charge in [0.05, 0.1) is 12.1 Å². The van der Waals surface area contributed by atoms with Gasteiger partial charge < -0.3 is 10.6 Å². The van der Waals surface area contributed by atoms with Gasteiger partial charge in [0.15, 0.2) is 0 Å². The number of nitrogens with one attached hydrogen (secondary N) is 2. The van der Waals surface area contributed by atoms with Crippen LogP contribution in [0.1, 0.15) is 12.6 Å². The van der Waals surface area contributed by atoms with E-state index in [1.54, 1.807) is 12.1 Å². The molecule has 1 aromatic heterocycles. The lowest BCUT2D eigenvalue weighted by molar-refractivity contribution is -0.120. The Morgan fingerprint density at radius 1 is 1.39 bits per heavy atom. The molecule has 0 spiro atoms. The van der Waals surface area contributed by atoms with Gasteiger partial charge in [-0.2, -0.15) is 0 Å². The molecular formula is C15H20Cl2FN3OS. The first kappa shape index (κ1) is 21.8. The molecule has 1 unspecified atom stereocenters. The van der Waals surface area contributed by atoms with Crippen molar-refractivity contribution >= 4 is 42.1 Å². The third kappa shape index (κ3) is 6.83. The van der Waals surface area contributed by atoms with Crippen molar-refractivity contribution in [2.24, 2.45) is 0 Å². The zero-order valence-corrected chi connectivity index (χ0v) is 15.3. The normalized spacial score (nSPS) is 11.1. The highest BCUT2D eigenvalue weighted by Crippen LogP contribution is 2.24. The first-order chi connectivity index (χ1) is 10.1. The van der Waals surface area contributed by atoms with Crippen molar-refractivity contribution in [2.75, 3.05) is 13.6 Å². The van der Waals surface area contributed by atoms with Gasteiger partial charge in [-0.05, 0) is 26.1 Å². The molecular weight excluding hydrogens is 360 g/mol. The van der Waals surface area contributed by atoms with Crippen molar-refractivity contribution in [3.05, 3.63) is 41.2 Å². The number of carbonyl (C=O) groups excluding carboxylic acids is 1. The molecule has 2 rings (SSSR count). The van der Waals surface area contributed by atoms with Crippen molar-refractivity contribution in [1.29, 1.82) is 0 Å². The molecule has 0 fully saturated rings.